The number of hydrogen-bond acceptors (Lipinski definition) is 12. The van der Waals surface area contributed by atoms with Crippen molar-refractivity contribution in [2.75, 3.05) is 4.72 Å². The summed E-state index contributed by atoms with van der Waals surface area (Å²) < 4.78 is 107. The molecule has 0 aliphatic rings. The van der Waals surface area contributed by atoms with E-state index in [1.165, 1.54) is 42.5 Å². The van der Waals surface area contributed by atoms with Crippen LogP contribution < -0.4 is 68.6 Å². The average Bonchev–Trinajstić information content (AvgIpc) is 2.97. The summed E-state index contributed by atoms with van der Waals surface area (Å²) >= 11 is 6.12. The molecule has 0 atom stereocenters. The predicted octanol–water partition coefficient (Wildman–Crippen LogP) is 0.332. The van der Waals surface area contributed by atoms with Gasteiger partial charge in [-0.3, -0.25) is 4.72 Å². The third kappa shape index (κ3) is 9.15. The Morgan fingerprint density at radius 3 is 2.02 bits per heavy atom. The second-order valence-electron chi connectivity index (χ2n) is 9.69. The Labute approximate surface area is 325 Å². The van der Waals surface area contributed by atoms with Crippen molar-refractivity contribution < 1.29 is 103 Å². The summed E-state index contributed by atoms with van der Waals surface area (Å²) in [4.78, 5) is -2.39. The van der Waals surface area contributed by atoms with Crippen LogP contribution in [0.2, 0.25) is 5.02 Å². The Morgan fingerprint density at radius 1 is 0.771 bits per heavy atom. The molecule has 48 heavy (non-hydrogen) atoms. The van der Waals surface area contributed by atoms with Gasteiger partial charge in [0.2, 0.25) is 0 Å². The molecule has 0 spiro atoms. The molecule has 0 fully saturated rings. The molecular formula is C29H20ClN3Na2O10S3. The molecule has 0 aliphatic heterocycles. The van der Waals surface area contributed by atoms with E-state index in [1.54, 1.807) is 37.3 Å². The second kappa shape index (κ2) is 15.5. The molecule has 19 heteroatoms. The topological polar surface area (TPSA) is 215 Å². The van der Waals surface area contributed by atoms with Crippen molar-refractivity contribution >= 4 is 69.7 Å². The van der Waals surface area contributed by atoms with E-state index in [2.05, 4.69) is 15.0 Å². The SMILES string of the molecule is Cc1ccc(S(=O)(=O)Nc2cc(S(=O)(=O)[O-])cc3cc(S(=O)(=O)[O-])c(N=Nc4cc(Cl)ccc4Oc4ccccc4)c(O)c23)cc1.[Na+].[Na+]. The minimum Gasteiger partial charge on any atom is -0.744 e. The molecule has 5 aromatic rings. The number of ether oxygens (including phenoxy) is 1. The van der Waals surface area contributed by atoms with E-state index < -0.39 is 67.9 Å². The van der Waals surface area contributed by atoms with Gasteiger partial charge in [0, 0.05) is 5.02 Å². The van der Waals surface area contributed by atoms with Gasteiger partial charge in [0.1, 0.15) is 37.4 Å². The molecule has 0 aromatic heterocycles. The number of aromatic hydroxyl groups is 1. The number of anilines is 1. The van der Waals surface area contributed by atoms with E-state index in [-0.39, 0.29) is 80.5 Å². The van der Waals surface area contributed by atoms with Crippen LogP contribution in [0.3, 0.4) is 0 Å². The molecule has 13 nitrogen and oxygen atoms in total. The third-order valence-corrected chi connectivity index (χ3v) is 9.69. The number of hydrogen-bond donors (Lipinski definition) is 2. The number of para-hydroxylation sites is 1. The van der Waals surface area contributed by atoms with Gasteiger partial charge in [0.05, 0.1) is 25.8 Å². The van der Waals surface area contributed by atoms with E-state index in [0.29, 0.717) is 23.9 Å². The summed E-state index contributed by atoms with van der Waals surface area (Å²) in [5.74, 6) is -0.574. The number of phenols is 1. The molecule has 0 saturated carbocycles. The second-order valence-corrected chi connectivity index (χ2v) is 14.5. The zero-order valence-electron chi connectivity index (χ0n) is 25.3. The van der Waals surface area contributed by atoms with E-state index >= 15 is 0 Å². The van der Waals surface area contributed by atoms with Crippen LogP contribution >= 0.6 is 11.6 Å². The van der Waals surface area contributed by atoms with E-state index in [4.69, 9.17) is 16.3 Å². The van der Waals surface area contributed by atoms with Crippen LogP contribution in [0, 0.1) is 6.92 Å². The fourth-order valence-corrected chi connectivity index (χ4v) is 6.68. The van der Waals surface area contributed by atoms with Crippen LogP contribution in [0.1, 0.15) is 5.56 Å². The Balaban J connectivity index is 0.00000312. The van der Waals surface area contributed by atoms with E-state index in [1.807, 2.05) is 0 Å². The van der Waals surface area contributed by atoms with Gasteiger partial charge in [-0.15, -0.1) is 10.2 Å². The molecule has 0 bridgehead atoms. The molecule has 0 aliphatic carbocycles. The molecule has 0 unspecified atom stereocenters. The first-order valence-electron chi connectivity index (χ1n) is 12.8. The first-order valence-corrected chi connectivity index (χ1v) is 17.5. The molecular weight excluding hydrogens is 728 g/mol. The van der Waals surface area contributed by atoms with Crippen molar-refractivity contribution in [2.24, 2.45) is 10.2 Å². The van der Waals surface area contributed by atoms with Gasteiger partial charge in [-0.25, -0.2) is 25.3 Å². The van der Waals surface area contributed by atoms with Gasteiger partial charge >= 0.3 is 59.1 Å². The summed E-state index contributed by atoms with van der Waals surface area (Å²) in [6, 6.07) is 20.2. The maximum atomic E-state index is 13.2. The zero-order valence-corrected chi connectivity index (χ0v) is 32.5. The fraction of sp³-hybridized carbons (Fsp3) is 0.0345. The maximum Gasteiger partial charge on any atom is 1.00 e. The smallest absolute Gasteiger partial charge is 0.744 e. The van der Waals surface area contributed by atoms with Gasteiger partial charge in [-0.05, 0) is 73.0 Å². The number of azo groups is 1. The van der Waals surface area contributed by atoms with Crippen molar-refractivity contribution in [2.45, 2.75) is 21.6 Å². The maximum absolute atomic E-state index is 13.2. The molecule has 2 N–H and O–H groups in total. The average molecular weight is 748 g/mol. The minimum atomic E-state index is -5.45. The Hall–Kier alpha value is -2.58. The van der Waals surface area contributed by atoms with Crippen molar-refractivity contribution in [3.63, 3.8) is 0 Å². The van der Waals surface area contributed by atoms with Crippen LogP contribution in [-0.4, -0.2) is 39.5 Å². The minimum absolute atomic E-state index is 0. The summed E-state index contributed by atoms with van der Waals surface area (Å²) in [6.45, 7) is 1.72. The van der Waals surface area contributed by atoms with Gasteiger partial charge in [0.15, 0.2) is 11.5 Å². The van der Waals surface area contributed by atoms with E-state index in [9.17, 15) is 39.5 Å². The largest absolute Gasteiger partial charge is 1.00 e. The van der Waals surface area contributed by atoms with Crippen LogP contribution in [0.4, 0.5) is 17.1 Å². The number of benzene rings is 5. The third-order valence-electron chi connectivity index (χ3n) is 6.41. The summed E-state index contributed by atoms with van der Waals surface area (Å²) in [5.41, 5.74) is -0.869. The number of rotatable bonds is 9. The summed E-state index contributed by atoms with van der Waals surface area (Å²) in [5, 5.41) is 18.3. The van der Waals surface area contributed by atoms with E-state index in [0.717, 1.165) is 5.56 Å². The molecule has 0 radical (unpaired) electrons. The van der Waals surface area contributed by atoms with Crippen molar-refractivity contribution in [3.05, 3.63) is 102 Å². The van der Waals surface area contributed by atoms with Gasteiger partial charge < -0.3 is 18.9 Å². The molecule has 5 aromatic carbocycles. The van der Waals surface area contributed by atoms with Gasteiger partial charge in [-0.2, -0.15) is 0 Å². The number of halogens is 1. The summed E-state index contributed by atoms with van der Waals surface area (Å²) in [6.07, 6.45) is 0. The molecule has 0 heterocycles. The molecule has 0 saturated heterocycles. The van der Waals surface area contributed by atoms with Crippen LogP contribution in [-0.2, 0) is 30.3 Å². The van der Waals surface area contributed by atoms with Crippen LogP contribution in [0.5, 0.6) is 17.2 Å². The zero-order chi connectivity index (χ0) is 33.4. The van der Waals surface area contributed by atoms with Crippen molar-refractivity contribution in [3.8, 4) is 17.2 Å². The van der Waals surface area contributed by atoms with Gasteiger partial charge in [-0.1, -0.05) is 47.5 Å². The van der Waals surface area contributed by atoms with Crippen LogP contribution in [0.15, 0.2) is 116 Å². The molecule has 5 rings (SSSR count). The number of phenolic OH excluding ortho intramolecular Hbond substituents is 1. The fourth-order valence-electron chi connectivity index (χ4n) is 4.27. The monoisotopic (exact) mass is 747 g/mol. The number of sulfonamides is 1. The number of nitrogens with one attached hydrogen (secondary N) is 1. The molecule has 238 valence electrons. The quantitative estimate of drug-likeness (QED) is 0.120. The van der Waals surface area contributed by atoms with Gasteiger partial charge in [0.25, 0.3) is 10.0 Å². The standard InChI is InChI=1S/C29H22ClN3O10S3.2Na/c1-17-7-10-21(11-8-17)44(35,36)33-24-16-22(45(37,38)39)13-18-14-26(46(40,41)42)28(29(34)27(18)24)32-31-23-15-19(30)9-12-25(23)43-20-5-3-2-4-6-20;;/h2-16,33-34H,1H3,(H,37,38,39)(H,40,41,42);;/q;2*+1/p-2. The molecule has 0 amide bonds. The van der Waals surface area contributed by atoms with Crippen LogP contribution in [0.25, 0.3) is 10.8 Å². The Morgan fingerprint density at radius 2 is 1.42 bits per heavy atom. The van der Waals surface area contributed by atoms with Crippen molar-refractivity contribution in [1.29, 1.82) is 0 Å². The Kier molecular flexibility index (Phi) is 12.9. The number of aryl methyl sites for hydroxylation is 1. The first kappa shape index (κ1) is 39.9. The number of fused-ring (bicyclic) bond motifs is 1. The summed E-state index contributed by atoms with van der Waals surface area (Å²) in [7, 11) is -15.2. The predicted molar refractivity (Wildman–Crippen MR) is 166 cm³/mol. The Bertz CT molecular complexity index is 2360. The van der Waals surface area contributed by atoms with Crippen molar-refractivity contribution in [1.82, 2.24) is 0 Å². The number of nitrogens with zero attached hydrogens (tertiary/aromatic N) is 2. The normalized spacial score (nSPS) is 11.9. The first-order chi connectivity index (χ1) is 21.5.